The van der Waals surface area contributed by atoms with E-state index in [0.717, 1.165) is 117 Å². The second-order valence-electron chi connectivity index (χ2n) is 20.3. The summed E-state index contributed by atoms with van der Waals surface area (Å²) < 4.78 is 32.4. The Kier molecular flexibility index (Phi) is 15.8. The van der Waals surface area contributed by atoms with Crippen molar-refractivity contribution in [1.82, 2.24) is 43.6 Å². The van der Waals surface area contributed by atoms with Crippen LogP contribution in [0.4, 0.5) is 0 Å². The normalized spacial score (nSPS) is 11.6. The van der Waals surface area contributed by atoms with Crippen molar-refractivity contribution in [2.24, 2.45) is 0 Å². The molecule has 0 fully saturated rings. The molecule has 418 valence electrons. The summed E-state index contributed by atoms with van der Waals surface area (Å²) in [5.41, 5.74) is 14.2. The maximum atomic E-state index is 6.41. The second kappa shape index (κ2) is 25.5. The van der Waals surface area contributed by atoms with Gasteiger partial charge in [0.25, 0.3) is 0 Å². The van der Waals surface area contributed by atoms with E-state index in [1.54, 1.807) is 18.6 Å². The monoisotopic (exact) mass is 1290 g/mol. The first-order valence-electron chi connectivity index (χ1n) is 28.8. The highest BCUT2D eigenvalue weighted by molar-refractivity contribution is 14.2. The first-order valence-corrected chi connectivity index (χ1v) is 33.5. The lowest BCUT2D eigenvalue weighted by Gasteiger charge is -2.18. The van der Waals surface area contributed by atoms with Crippen LogP contribution in [-0.4, -0.2) is 67.6 Å². The van der Waals surface area contributed by atoms with Gasteiger partial charge in [-0.3, -0.25) is 28.7 Å². The molecule has 0 saturated carbocycles. The fraction of sp³-hybridized carbons (Fsp3) is 0. The number of hydrogen-bond acceptors (Lipinski definition) is 9. The molecule has 16 heteroatoms. The Morgan fingerprint density at radius 2 is 0.625 bits per heavy atom. The Morgan fingerprint density at radius 3 is 0.932 bits per heavy atom. The van der Waals surface area contributed by atoms with Gasteiger partial charge in [0.05, 0.1) is 34.4 Å². The van der Waals surface area contributed by atoms with Crippen LogP contribution in [0.5, 0.6) is 17.2 Å². The third kappa shape index (κ3) is 11.4. The molecule has 10 aromatic carbocycles. The molecule has 1 unspecified atom stereocenters. The predicted octanol–water partition coefficient (Wildman–Crippen LogP) is 17.7. The molecule has 0 N–H and O–H groups in total. The van der Waals surface area contributed by atoms with Crippen LogP contribution in [0, 0.1) is 0 Å². The third-order valence-corrected chi connectivity index (χ3v) is 16.2. The highest BCUT2D eigenvalue weighted by Crippen LogP contribution is 2.39. The van der Waals surface area contributed by atoms with E-state index in [9.17, 15) is 0 Å². The molecule has 12 nitrogen and oxygen atoms in total. The molecular formula is C72H49AlBIN9O3P. The van der Waals surface area contributed by atoms with E-state index in [0.29, 0.717) is 17.2 Å². The highest BCUT2D eigenvalue weighted by Gasteiger charge is 2.46. The number of imidazole rings is 3. The summed E-state index contributed by atoms with van der Waals surface area (Å²) in [5, 5.41) is 2.93. The van der Waals surface area contributed by atoms with Crippen molar-refractivity contribution >= 4 is 117 Å². The van der Waals surface area contributed by atoms with E-state index in [1.165, 1.54) is 0 Å². The zero-order valence-electron chi connectivity index (χ0n) is 47.9. The van der Waals surface area contributed by atoms with E-state index >= 15 is 0 Å². The molecule has 16 aromatic rings. The van der Waals surface area contributed by atoms with E-state index in [2.05, 4.69) is 174 Å². The summed E-state index contributed by atoms with van der Waals surface area (Å²) in [6, 6.07) is 91.2. The molecule has 6 aromatic heterocycles. The summed E-state index contributed by atoms with van der Waals surface area (Å²) in [4.78, 5) is 29.4. The second-order valence-corrected chi connectivity index (χ2v) is 23.5. The van der Waals surface area contributed by atoms with Crippen LogP contribution in [0.15, 0.2) is 292 Å². The van der Waals surface area contributed by atoms with E-state index < -0.39 is 21.2 Å². The van der Waals surface area contributed by atoms with Gasteiger partial charge in [0, 0.05) is 68.5 Å². The minimum Gasteiger partial charge on any atom is -0.576 e. The van der Waals surface area contributed by atoms with Crippen molar-refractivity contribution in [2.75, 3.05) is 0 Å². The fourth-order valence-corrected chi connectivity index (χ4v) is 12.4. The van der Waals surface area contributed by atoms with Gasteiger partial charge in [0.15, 0.2) is 0 Å². The van der Waals surface area contributed by atoms with Crippen LogP contribution in [0.3, 0.4) is 0 Å². The highest BCUT2D eigenvalue weighted by atomic mass is 127. The fourth-order valence-electron chi connectivity index (χ4n) is 11.1. The number of hydrogen-bond donors (Lipinski definition) is 0. The SMILES string of the molecule is [3H]P([B])I.c1ccc(-n2c(-c3cc(-c4nc5ccccc5n4-c4ccccc4)cc(-c4nc5ccccc5n4-c4ccccc4)c3)nc3ccccc32)cc1.c1cnc2c([O][Al]([O]c3cccc4cccnc34)[O]c3cccc4cccnc34)cccc2c1. The van der Waals surface area contributed by atoms with Crippen LogP contribution in [-0.2, 0) is 0 Å². The first kappa shape index (κ1) is 54.6. The van der Waals surface area contributed by atoms with Crippen molar-refractivity contribution in [3.63, 3.8) is 0 Å². The average Bonchev–Trinajstić information content (AvgIpc) is 1.86. The van der Waals surface area contributed by atoms with Gasteiger partial charge in [-0.15, -0.1) is 6.05 Å². The molecule has 6 heterocycles. The quantitative estimate of drug-likeness (QED) is 0.0669. The summed E-state index contributed by atoms with van der Waals surface area (Å²) in [5.74, 6) is 4.35. The average molecular weight is 1290 g/mol. The molecule has 0 saturated heterocycles. The van der Waals surface area contributed by atoms with Crippen LogP contribution < -0.4 is 11.4 Å². The molecule has 0 aliphatic rings. The third-order valence-electron chi connectivity index (χ3n) is 14.9. The van der Waals surface area contributed by atoms with Gasteiger partial charge in [-0.25, -0.2) is 15.0 Å². The van der Waals surface area contributed by atoms with E-state index in [1.807, 2.05) is 149 Å². The Bertz CT molecular complexity index is 4640. The smallest absolute Gasteiger partial charge is 0.576 e. The van der Waals surface area contributed by atoms with Gasteiger partial charge in [0.1, 0.15) is 58.8 Å². The zero-order chi connectivity index (χ0) is 60.0. The molecule has 1 atom stereocenters. The first-order chi connectivity index (χ1) is 43.9. The number of nitrogens with zero attached hydrogens (tertiary/aromatic N) is 9. The molecule has 0 bridgehead atoms. The number of rotatable bonds is 12. The van der Waals surface area contributed by atoms with Crippen molar-refractivity contribution in [1.29, 1.82) is 1.28 Å². The van der Waals surface area contributed by atoms with E-state index in [4.69, 9.17) is 35.2 Å². The van der Waals surface area contributed by atoms with Crippen molar-refractivity contribution < 1.29 is 11.4 Å². The van der Waals surface area contributed by atoms with Gasteiger partial charge in [-0.05, 0) is 127 Å². The summed E-state index contributed by atoms with van der Waals surface area (Å²) in [7, 11) is 4.83. The lowest BCUT2D eigenvalue weighted by atomic mass is 10.0. The number of pyridine rings is 3. The van der Waals surface area contributed by atoms with Gasteiger partial charge in [-0.2, -0.15) is 0 Å². The lowest BCUT2D eigenvalue weighted by Crippen LogP contribution is -2.37. The minimum absolute atomic E-state index is 0.608. The molecule has 2 radical (unpaired) electrons. The molecular weight excluding hydrogens is 1230 g/mol. The van der Waals surface area contributed by atoms with Crippen LogP contribution in [0.2, 0.25) is 0 Å². The van der Waals surface area contributed by atoms with Gasteiger partial charge >= 0.3 is 15.1 Å². The van der Waals surface area contributed by atoms with Crippen molar-refractivity contribution in [3.05, 3.63) is 292 Å². The van der Waals surface area contributed by atoms with Gasteiger partial charge in [0.2, 0.25) is 0 Å². The number of halogens is 1. The largest absolute Gasteiger partial charge is 1.20 e. The number of aromatic nitrogens is 9. The predicted molar refractivity (Wildman–Crippen MR) is 368 cm³/mol. The minimum atomic E-state index is -2.86. The molecule has 0 aliphatic carbocycles. The standard InChI is InChI=1S/C45H30N6.3C9H7NO.Al.BHIP/c1-4-16-34(17-5-1)49-40-25-13-10-22-37(40)46-43(49)31-28-32(44-47-38-23-11-14-26-41(38)50(44)35-18-6-2-7-19-35)30-33(29-31)45-48-39-24-12-15-27-42(39)51(45)36-20-8-3-9-21-36;3*11-8-5-1-3-7-4-2-6-10-9(7)8;;1-3-2/h1-30H;3*1-6,11H;;3H/q;;;;+3;/p-3/i;;;;;3T. The van der Waals surface area contributed by atoms with Gasteiger partial charge < -0.3 is 11.4 Å². The van der Waals surface area contributed by atoms with Crippen LogP contribution in [0.1, 0.15) is 0 Å². The Hall–Kier alpha value is -10.0. The maximum absolute atomic E-state index is 6.41. The molecule has 0 spiro atoms. The number of para-hydroxylation sites is 12. The lowest BCUT2D eigenvalue weighted by molar-refractivity contribution is 0.311. The summed E-state index contributed by atoms with van der Waals surface area (Å²) >= 11 is -1.00. The topological polar surface area (TPSA) is 120 Å². The van der Waals surface area contributed by atoms with Crippen molar-refractivity contribution in [3.8, 4) is 68.5 Å². The van der Waals surface area contributed by atoms with Crippen LogP contribution >= 0.6 is 28.1 Å². The summed E-state index contributed by atoms with van der Waals surface area (Å²) in [6.07, 6.45) is 5.24. The number of fused-ring (bicyclic) bond motifs is 6. The zero-order valence-corrected chi connectivity index (χ0v) is 51.1. The maximum Gasteiger partial charge on any atom is 1.20 e. The van der Waals surface area contributed by atoms with Gasteiger partial charge in [-0.1, -0.05) is 168 Å². The Labute approximate surface area is 529 Å². The molecule has 88 heavy (non-hydrogen) atoms. The Morgan fingerprint density at radius 1 is 0.352 bits per heavy atom. The van der Waals surface area contributed by atoms with Crippen molar-refractivity contribution in [2.45, 2.75) is 0 Å². The van der Waals surface area contributed by atoms with E-state index in [-0.39, 0.29) is 0 Å². The Balaban J connectivity index is 0.000000158. The molecule has 16 rings (SSSR count). The number of benzene rings is 10. The summed E-state index contributed by atoms with van der Waals surface area (Å²) in [6.45, 7) is 0. The van der Waals surface area contributed by atoms with Crippen LogP contribution in [0.25, 0.3) is 117 Å². The molecule has 0 aliphatic heterocycles. The molecule has 0 amide bonds.